The Balaban J connectivity index is 3.60. The Morgan fingerprint density at radius 2 is 2.00 bits per heavy atom. The summed E-state index contributed by atoms with van der Waals surface area (Å²) in [5.41, 5.74) is 0. The first-order valence-corrected chi connectivity index (χ1v) is 5.73. The quantitative estimate of drug-likeness (QED) is 0.593. The van der Waals surface area contributed by atoms with E-state index in [0.717, 1.165) is 13.0 Å². The second-order valence-electron chi connectivity index (χ2n) is 3.69. The average molecular weight is 216 g/mol. The Hall–Kier alpha value is -0.610. The molecule has 2 N–H and O–H groups in total. The van der Waals surface area contributed by atoms with Crippen LogP contribution in [0.5, 0.6) is 0 Å². The molecule has 0 aromatic carbocycles. The molecule has 2 unspecified atom stereocenters. The Morgan fingerprint density at radius 1 is 1.33 bits per heavy atom. The third-order valence-corrected chi connectivity index (χ3v) is 2.30. The van der Waals surface area contributed by atoms with Crippen LogP contribution in [0.15, 0.2) is 0 Å². The number of carbonyl (C=O) groups is 1. The highest BCUT2D eigenvalue weighted by Gasteiger charge is 2.12. The molecule has 0 saturated heterocycles. The molecule has 0 saturated carbocycles. The molecular formula is C11H24N2O2. The Bertz CT molecular complexity index is 174. The zero-order valence-corrected chi connectivity index (χ0v) is 10.3. The highest BCUT2D eigenvalue weighted by atomic mass is 16.5. The smallest absolute Gasteiger partial charge is 0.237 e. The van der Waals surface area contributed by atoms with Crippen molar-refractivity contribution in [3.05, 3.63) is 0 Å². The van der Waals surface area contributed by atoms with Gasteiger partial charge in [0.1, 0.15) is 0 Å². The standard InChI is InChI=1S/C11H24N2O2/c1-5-9(3)13-11(14)10(4)12-7-8-15-6-2/h9-10,12H,5-8H2,1-4H3,(H,13,14). The van der Waals surface area contributed by atoms with Crippen LogP contribution in [0.1, 0.15) is 34.1 Å². The van der Waals surface area contributed by atoms with Crippen molar-refractivity contribution in [2.75, 3.05) is 19.8 Å². The first-order chi connectivity index (χ1) is 7.11. The highest BCUT2D eigenvalue weighted by molar-refractivity contribution is 5.81. The van der Waals surface area contributed by atoms with Crippen LogP contribution < -0.4 is 10.6 Å². The number of rotatable bonds is 8. The van der Waals surface area contributed by atoms with Crippen molar-refractivity contribution in [2.45, 2.75) is 46.2 Å². The number of amides is 1. The second-order valence-corrected chi connectivity index (χ2v) is 3.69. The molecule has 0 radical (unpaired) electrons. The van der Waals surface area contributed by atoms with Crippen molar-refractivity contribution in [1.29, 1.82) is 0 Å². The van der Waals surface area contributed by atoms with E-state index < -0.39 is 0 Å². The molecule has 0 aromatic heterocycles. The molecule has 0 aromatic rings. The zero-order chi connectivity index (χ0) is 11.7. The highest BCUT2D eigenvalue weighted by Crippen LogP contribution is 1.90. The first-order valence-electron chi connectivity index (χ1n) is 5.73. The molecule has 0 heterocycles. The van der Waals surface area contributed by atoms with Gasteiger partial charge in [-0.3, -0.25) is 4.79 Å². The van der Waals surface area contributed by atoms with E-state index in [2.05, 4.69) is 17.6 Å². The van der Waals surface area contributed by atoms with E-state index in [1.165, 1.54) is 0 Å². The van der Waals surface area contributed by atoms with Gasteiger partial charge in [-0.05, 0) is 27.2 Å². The van der Waals surface area contributed by atoms with Crippen molar-refractivity contribution in [3.8, 4) is 0 Å². The fourth-order valence-electron chi connectivity index (χ4n) is 1.05. The summed E-state index contributed by atoms with van der Waals surface area (Å²) in [6.07, 6.45) is 0.956. The number of carbonyl (C=O) groups excluding carboxylic acids is 1. The summed E-state index contributed by atoms with van der Waals surface area (Å²) in [6, 6.07) is 0.0908. The van der Waals surface area contributed by atoms with Crippen LogP contribution in [0.25, 0.3) is 0 Å². The molecule has 90 valence electrons. The van der Waals surface area contributed by atoms with Crippen molar-refractivity contribution in [2.24, 2.45) is 0 Å². The van der Waals surface area contributed by atoms with Crippen LogP contribution >= 0.6 is 0 Å². The summed E-state index contributed by atoms with van der Waals surface area (Å²) in [5.74, 6) is 0.0563. The lowest BCUT2D eigenvalue weighted by atomic mass is 10.2. The molecule has 4 heteroatoms. The Labute approximate surface area is 92.8 Å². The number of hydrogen-bond acceptors (Lipinski definition) is 3. The summed E-state index contributed by atoms with van der Waals surface area (Å²) in [7, 11) is 0. The topological polar surface area (TPSA) is 50.4 Å². The lowest BCUT2D eigenvalue weighted by Gasteiger charge is -2.17. The van der Waals surface area contributed by atoms with Crippen molar-refractivity contribution in [3.63, 3.8) is 0 Å². The minimum Gasteiger partial charge on any atom is -0.380 e. The summed E-state index contributed by atoms with van der Waals surface area (Å²) in [6.45, 7) is 9.96. The van der Waals surface area contributed by atoms with Crippen LogP contribution in [0.3, 0.4) is 0 Å². The normalized spacial score (nSPS) is 14.7. The molecule has 0 aliphatic carbocycles. The largest absolute Gasteiger partial charge is 0.380 e. The third kappa shape index (κ3) is 7.33. The molecule has 15 heavy (non-hydrogen) atoms. The van der Waals surface area contributed by atoms with E-state index in [4.69, 9.17) is 4.74 Å². The van der Waals surface area contributed by atoms with Gasteiger partial charge in [0.05, 0.1) is 12.6 Å². The van der Waals surface area contributed by atoms with Crippen molar-refractivity contribution < 1.29 is 9.53 Å². The molecule has 0 rings (SSSR count). The second kappa shape index (κ2) is 8.68. The molecule has 0 fully saturated rings. The van der Waals surface area contributed by atoms with Crippen LogP contribution in [0.2, 0.25) is 0 Å². The maximum Gasteiger partial charge on any atom is 0.237 e. The molecule has 0 aliphatic heterocycles. The van der Waals surface area contributed by atoms with E-state index in [0.29, 0.717) is 13.2 Å². The lowest BCUT2D eigenvalue weighted by Crippen LogP contribution is -2.46. The monoisotopic (exact) mass is 216 g/mol. The van der Waals surface area contributed by atoms with Crippen LogP contribution in [-0.4, -0.2) is 37.7 Å². The van der Waals surface area contributed by atoms with E-state index >= 15 is 0 Å². The molecule has 0 aliphatic rings. The van der Waals surface area contributed by atoms with Gasteiger partial charge in [-0.2, -0.15) is 0 Å². The molecule has 4 nitrogen and oxygen atoms in total. The first kappa shape index (κ1) is 14.4. The van der Waals surface area contributed by atoms with Gasteiger partial charge in [0, 0.05) is 19.2 Å². The molecule has 0 spiro atoms. The number of hydrogen-bond donors (Lipinski definition) is 2. The number of ether oxygens (including phenoxy) is 1. The van der Waals surface area contributed by atoms with Crippen LogP contribution in [0, 0.1) is 0 Å². The van der Waals surface area contributed by atoms with Gasteiger partial charge in [0.15, 0.2) is 0 Å². The van der Waals surface area contributed by atoms with E-state index in [1.807, 2.05) is 20.8 Å². The predicted octanol–water partition coefficient (Wildman–Crippen LogP) is 0.916. The fourth-order valence-corrected chi connectivity index (χ4v) is 1.05. The van der Waals surface area contributed by atoms with Crippen LogP contribution in [0.4, 0.5) is 0 Å². The summed E-state index contributed by atoms with van der Waals surface area (Å²) >= 11 is 0. The minimum atomic E-state index is -0.153. The third-order valence-electron chi connectivity index (χ3n) is 2.30. The van der Waals surface area contributed by atoms with Crippen molar-refractivity contribution >= 4 is 5.91 Å². The van der Waals surface area contributed by atoms with Crippen molar-refractivity contribution in [1.82, 2.24) is 10.6 Å². The summed E-state index contributed by atoms with van der Waals surface area (Å²) < 4.78 is 5.17. The molecule has 2 atom stereocenters. The lowest BCUT2D eigenvalue weighted by molar-refractivity contribution is -0.123. The molecule has 0 bridgehead atoms. The molecular weight excluding hydrogens is 192 g/mol. The van der Waals surface area contributed by atoms with Gasteiger partial charge in [-0.25, -0.2) is 0 Å². The predicted molar refractivity (Wildman–Crippen MR) is 61.9 cm³/mol. The van der Waals surface area contributed by atoms with Gasteiger partial charge in [-0.15, -0.1) is 0 Å². The average Bonchev–Trinajstić information content (AvgIpc) is 2.23. The maximum absolute atomic E-state index is 11.6. The van der Waals surface area contributed by atoms with E-state index in [-0.39, 0.29) is 18.0 Å². The van der Waals surface area contributed by atoms with E-state index in [9.17, 15) is 4.79 Å². The van der Waals surface area contributed by atoms with Crippen LogP contribution in [-0.2, 0) is 9.53 Å². The SMILES string of the molecule is CCOCCNC(C)C(=O)NC(C)CC. The molecule has 1 amide bonds. The van der Waals surface area contributed by atoms with E-state index in [1.54, 1.807) is 0 Å². The fraction of sp³-hybridized carbons (Fsp3) is 0.909. The maximum atomic E-state index is 11.6. The zero-order valence-electron chi connectivity index (χ0n) is 10.3. The Morgan fingerprint density at radius 3 is 2.53 bits per heavy atom. The van der Waals surface area contributed by atoms with Gasteiger partial charge in [0.2, 0.25) is 5.91 Å². The minimum absolute atomic E-state index is 0.0563. The summed E-state index contributed by atoms with van der Waals surface area (Å²) in [4.78, 5) is 11.6. The number of nitrogens with one attached hydrogen (secondary N) is 2. The van der Waals surface area contributed by atoms with Gasteiger partial charge >= 0.3 is 0 Å². The van der Waals surface area contributed by atoms with Gasteiger partial charge in [-0.1, -0.05) is 6.92 Å². The van der Waals surface area contributed by atoms with Gasteiger partial charge < -0.3 is 15.4 Å². The summed E-state index contributed by atoms with van der Waals surface area (Å²) in [5, 5.41) is 6.04. The van der Waals surface area contributed by atoms with Gasteiger partial charge in [0.25, 0.3) is 0 Å². The Kier molecular flexibility index (Phi) is 8.33.